The van der Waals surface area contributed by atoms with Crippen molar-refractivity contribution in [3.8, 4) is 0 Å². The van der Waals surface area contributed by atoms with Crippen LogP contribution >= 0.6 is 25.3 Å². The van der Waals surface area contributed by atoms with E-state index in [4.69, 9.17) is 0 Å². The van der Waals surface area contributed by atoms with Gasteiger partial charge in [-0.2, -0.15) is 0 Å². The molecule has 0 saturated heterocycles. The molecule has 0 saturated carbocycles. The molecule has 0 nitrogen and oxygen atoms in total. The van der Waals surface area contributed by atoms with Crippen LogP contribution in [0.4, 0.5) is 0 Å². The van der Waals surface area contributed by atoms with Gasteiger partial charge in [0.15, 0.2) is 0 Å². The van der Waals surface area contributed by atoms with Gasteiger partial charge >= 0.3 is 0 Å². The number of allylic oxidation sites excluding steroid dienone is 4. The van der Waals surface area contributed by atoms with Crippen molar-refractivity contribution in [2.24, 2.45) is 0 Å². The second-order valence-electron chi connectivity index (χ2n) is 3.12. The quantitative estimate of drug-likeness (QED) is 0.465. The highest BCUT2D eigenvalue weighted by molar-refractivity contribution is 7.84. The summed E-state index contributed by atoms with van der Waals surface area (Å²) in [7, 11) is 0. The number of hydrogen-bond donors (Lipinski definition) is 2. The number of benzene rings is 1. The molecule has 0 heterocycles. The predicted octanol–water partition coefficient (Wildman–Crippen LogP) is 6.43. The Morgan fingerprint density at radius 2 is 1.47 bits per heavy atom. The Balaban J connectivity index is 0. The first-order valence-electron chi connectivity index (χ1n) is 6.65. The lowest BCUT2D eigenvalue weighted by Crippen LogP contribution is -1.79. The summed E-state index contributed by atoms with van der Waals surface area (Å²) >= 11 is 8.37. The summed E-state index contributed by atoms with van der Waals surface area (Å²) in [5.74, 6) is 0. The fraction of sp³-hybridized carbons (Fsp3) is 0.294. The van der Waals surface area contributed by atoms with Gasteiger partial charge in [0, 0.05) is 4.90 Å². The molecular formula is C17H26S2. The van der Waals surface area contributed by atoms with Crippen LogP contribution in [-0.4, -0.2) is 0 Å². The molecule has 1 rings (SSSR count). The Morgan fingerprint density at radius 3 is 1.84 bits per heavy atom. The molecule has 19 heavy (non-hydrogen) atoms. The molecule has 0 aliphatic carbocycles. The fourth-order valence-electron chi connectivity index (χ4n) is 1.20. The Morgan fingerprint density at radius 1 is 1.00 bits per heavy atom. The maximum absolute atomic E-state index is 4.25. The zero-order chi connectivity index (χ0) is 15.3. The molecule has 2 heteroatoms. The molecule has 1 aromatic carbocycles. The second-order valence-corrected chi connectivity index (χ2v) is 4.21. The number of hydrogen-bond acceptors (Lipinski definition) is 2. The van der Waals surface area contributed by atoms with E-state index in [9.17, 15) is 0 Å². The first-order valence-corrected chi connectivity index (χ1v) is 7.54. The van der Waals surface area contributed by atoms with Crippen LogP contribution in [0.3, 0.4) is 0 Å². The molecule has 106 valence electrons. The molecule has 0 bridgehead atoms. The molecule has 0 aliphatic heterocycles. The predicted molar refractivity (Wildman–Crippen MR) is 97.3 cm³/mol. The Bertz CT molecular complexity index is 398. The lowest BCUT2D eigenvalue weighted by atomic mass is 10.1. The van der Waals surface area contributed by atoms with Gasteiger partial charge in [-0.1, -0.05) is 58.6 Å². The van der Waals surface area contributed by atoms with E-state index >= 15 is 0 Å². The Kier molecular flexibility index (Phi) is 14.6. The minimum Gasteiger partial charge on any atom is -0.144 e. The summed E-state index contributed by atoms with van der Waals surface area (Å²) < 4.78 is 0. The number of rotatable bonds is 3. The summed E-state index contributed by atoms with van der Waals surface area (Å²) in [5.41, 5.74) is 2.32. The van der Waals surface area contributed by atoms with Crippen LogP contribution in [0.15, 0.2) is 58.9 Å². The molecule has 0 fully saturated rings. The number of thiol groups is 2. The van der Waals surface area contributed by atoms with Crippen LogP contribution in [0.1, 0.15) is 40.2 Å². The largest absolute Gasteiger partial charge is 0.144 e. The van der Waals surface area contributed by atoms with Crippen LogP contribution in [-0.2, 0) is 0 Å². The van der Waals surface area contributed by atoms with Crippen LogP contribution in [0.2, 0.25) is 0 Å². The van der Waals surface area contributed by atoms with E-state index in [-0.39, 0.29) is 0 Å². The van der Waals surface area contributed by atoms with Crippen LogP contribution < -0.4 is 0 Å². The van der Waals surface area contributed by atoms with Crippen molar-refractivity contribution in [1.82, 2.24) is 0 Å². The van der Waals surface area contributed by atoms with E-state index in [2.05, 4.69) is 37.9 Å². The van der Waals surface area contributed by atoms with Crippen molar-refractivity contribution in [1.29, 1.82) is 0 Å². The maximum Gasteiger partial charge on any atom is 0.00404 e. The topological polar surface area (TPSA) is 0 Å². The summed E-state index contributed by atoms with van der Waals surface area (Å²) in [4.78, 5) is 1.72. The van der Waals surface area contributed by atoms with Crippen molar-refractivity contribution in [3.63, 3.8) is 0 Å². The first-order chi connectivity index (χ1) is 9.13. The second kappa shape index (κ2) is 13.6. The minimum absolute atomic E-state index is 0.750. The fourth-order valence-corrected chi connectivity index (χ4v) is 1.42. The zero-order valence-corrected chi connectivity index (χ0v) is 14.4. The van der Waals surface area contributed by atoms with Crippen molar-refractivity contribution in [3.05, 3.63) is 59.5 Å². The summed E-state index contributed by atoms with van der Waals surface area (Å²) in [6.07, 6.45) is 5.94. The minimum atomic E-state index is 0.750. The SMILES string of the molecule is C=C(S)/C=C\C(=C/C)c1ccc(S)cc1.CC.CC. The van der Waals surface area contributed by atoms with Gasteiger partial charge < -0.3 is 0 Å². The molecule has 0 aromatic heterocycles. The summed E-state index contributed by atoms with van der Waals surface area (Å²) in [5, 5.41) is 0. The van der Waals surface area contributed by atoms with Crippen molar-refractivity contribution in [2.75, 3.05) is 0 Å². The zero-order valence-electron chi connectivity index (χ0n) is 12.6. The molecule has 0 spiro atoms. The van der Waals surface area contributed by atoms with Gasteiger partial charge in [-0.05, 0) is 41.2 Å². The van der Waals surface area contributed by atoms with Gasteiger partial charge in [0.25, 0.3) is 0 Å². The van der Waals surface area contributed by atoms with E-state index in [0.717, 1.165) is 15.4 Å². The van der Waals surface area contributed by atoms with E-state index in [1.807, 2.05) is 71.0 Å². The maximum atomic E-state index is 4.25. The van der Waals surface area contributed by atoms with Crippen molar-refractivity contribution < 1.29 is 0 Å². The average Bonchev–Trinajstić information content (AvgIpc) is 2.45. The van der Waals surface area contributed by atoms with Crippen molar-refractivity contribution >= 4 is 30.8 Å². The molecule has 0 atom stereocenters. The highest BCUT2D eigenvalue weighted by atomic mass is 32.1. The molecule has 0 N–H and O–H groups in total. The third-order valence-electron chi connectivity index (χ3n) is 1.97. The van der Waals surface area contributed by atoms with E-state index in [0.29, 0.717) is 0 Å². The van der Waals surface area contributed by atoms with Gasteiger partial charge in [0.1, 0.15) is 0 Å². The monoisotopic (exact) mass is 294 g/mol. The third kappa shape index (κ3) is 9.69. The smallest absolute Gasteiger partial charge is 0.00404 e. The average molecular weight is 295 g/mol. The summed E-state index contributed by atoms with van der Waals surface area (Å²) in [6.45, 7) is 13.7. The van der Waals surface area contributed by atoms with Gasteiger partial charge in [0.05, 0.1) is 0 Å². The van der Waals surface area contributed by atoms with Crippen LogP contribution in [0.25, 0.3) is 5.57 Å². The lowest BCUT2D eigenvalue weighted by Gasteiger charge is -2.02. The molecule has 1 aromatic rings. The highest BCUT2D eigenvalue weighted by Crippen LogP contribution is 2.18. The third-order valence-corrected chi connectivity index (χ3v) is 2.41. The van der Waals surface area contributed by atoms with Gasteiger partial charge in [0.2, 0.25) is 0 Å². The first kappa shape index (κ1) is 20.5. The van der Waals surface area contributed by atoms with Gasteiger partial charge in [-0.15, -0.1) is 25.3 Å². The van der Waals surface area contributed by atoms with Gasteiger partial charge in [-0.25, -0.2) is 0 Å². The molecule has 0 amide bonds. The molecule has 0 aliphatic rings. The van der Waals surface area contributed by atoms with E-state index in [1.165, 1.54) is 5.56 Å². The Hall–Kier alpha value is -0.860. The van der Waals surface area contributed by atoms with E-state index < -0.39 is 0 Å². The molecule has 0 radical (unpaired) electrons. The molecule has 0 unspecified atom stereocenters. The van der Waals surface area contributed by atoms with Crippen LogP contribution in [0, 0.1) is 0 Å². The van der Waals surface area contributed by atoms with Crippen LogP contribution in [0.5, 0.6) is 0 Å². The van der Waals surface area contributed by atoms with E-state index in [1.54, 1.807) is 0 Å². The highest BCUT2D eigenvalue weighted by Gasteiger charge is 1.95. The molecular weight excluding hydrogens is 268 g/mol. The summed E-state index contributed by atoms with van der Waals surface area (Å²) in [6, 6.07) is 8.04. The van der Waals surface area contributed by atoms with Crippen molar-refractivity contribution in [2.45, 2.75) is 39.5 Å². The normalized spacial score (nSPS) is 10.2. The standard InChI is InChI=1S/C13H14S2.2C2H6/c1-3-11(5-4-10(2)14)12-6-8-13(15)9-7-12;2*1-2/h3-9,14-15H,2H2,1H3;2*1-2H3/b5-4-,11-3+;;. The van der Waals surface area contributed by atoms with Gasteiger partial charge in [-0.3, -0.25) is 0 Å². The lowest BCUT2D eigenvalue weighted by molar-refractivity contribution is 1.45. The Labute approximate surface area is 130 Å².